The average molecular weight is 553 g/mol. The van der Waals surface area contributed by atoms with Crippen LogP contribution in [0.4, 0.5) is 31.1 Å². The Morgan fingerprint density at radius 2 is 1.66 bits per heavy atom. The molecule has 2 aliphatic heterocycles. The number of amides is 3. The Labute approximate surface area is 215 Å². The van der Waals surface area contributed by atoms with Crippen LogP contribution in [0.15, 0.2) is 18.2 Å². The molecule has 0 aromatic heterocycles. The molecule has 3 amide bonds. The summed E-state index contributed by atoms with van der Waals surface area (Å²) in [7, 11) is 0. The van der Waals surface area contributed by atoms with Crippen LogP contribution >= 0.6 is 0 Å². The first-order valence-electron chi connectivity index (χ1n) is 12.3. The van der Waals surface area contributed by atoms with E-state index in [1.807, 2.05) is 6.92 Å². The highest BCUT2D eigenvalue weighted by atomic mass is 19.4. The smallest absolute Gasteiger partial charge is 0.416 e. The van der Waals surface area contributed by atoms with E-state index in [0.717, 1.165) is 0 Å². The minimum atomic E-state index is -5.04. The molecule has 2 fully saturated rings. The first-order valence-corrected chi connectivity index (χ1v) is 12.3. The monoisotopic (exact) mass is 552 g/mol. The number of carbonyl (C=O) groups is 3. The summed E-state index contributed by atoms with van der Waals surface area (Å²) in [4.78, 5) is 42.7. The third-order valence-electron chi connectivity index (χ3n) is 6.55. The number of benzene rings is 1. The fourth-order valence-corrected chi connectivity index (χ4v) is 4.75. The molecule has 1 aromatic rings. The van der Waals surface area contributed by atoms with E-state index in [1.54, 1.807) is 0 Å². The standard InChI is InChI=1S/C24H30F6N4O4/c1-2-7-32-12-19-33(13-21(32)36)20(35)11-18(5-3-4-6-31)34(19)22(37)38-14-15-8-16(23(25,26)27)10-17(9-15)24(28,29)30/h8-10,18-19H,2-7,11-14,31H2,1H3. The van der Waals surface area contributed by atoms with E-state index in [4.69, 9.17) is 10.5 Å². The lowest BCUT2D eigenvalue weighted by molar-refractivity contribution is -0.163. The van der Waals surface area contributed by atoms with Gasteiger partial charge < -0.3 is 20.3 Å². The average Bonchev–Trinajstić information content (AvgIpc) is 2.83. The molecule has 1 aromatic carbocycles. The fourth-order valence-electron chi connectivity index (χ4n) is 4.75. The second kappa shape index (κ2) is 11.8. The molecule has 14 heteroatoms. The Bertz CT molecular complexity index is 1000. The molecule has 0 radical (unpaired) electrons. The highest BCUT2D eigenvalue weighted by Crippen LogP contribution is 2.37. The number of carbonyl (C=O) groups excluding carboxylic acids is 3. The second-order valence-corrected chi connectivity index (χ2v) is 9.36. The van der Waals surface area contributed by atoms with Crippen molar-refractivity contribution in [3.8, 4) is 0 Å². The summed E-state index contributed by atoms with van der Waals surface area (Å²) in [6.45, 7) is 1.56. The number of hydrogen-bond donors (Lipinski definition) is 1. The van der Waals surface area contributed by atoms with Gasteiger partial charge >= 0.3 is 18.4 Å². The van der Waals surface area contributed by atoms with E-state index in [0.29, 0.717) is 50.9 Å². The van der Waals surface area contributed by atoms with Crippen molar-refractivity contribution in [2.24, 2.45) is 5.73 Å². The van der Waals surface area contributed by atoms with E-state index in [-0.39, 0.29) is 37.4 Å². The van der Waals surface area contributed by atoms with Crippen LogP contribution in [-0.4, -0.2) is 71.0 Å². The number of hydrogen-bond acceptors (Lipinski definition) is 5. The summed E-state index contributed by atoms with van der Waals surface area (Å²) >= 11 is 0. The SMILES string of the molecule is CCCN1CC2N(CC1=O)C(=O)CC(CCCCN)N2C(=O)OCc1cc(C(F)(F)F)cc(C(F)(F)F)c1. The highest BCUT2D eigenvalue weighted by molar-refractivity contribution is 5.88. The minimum Gasteiger partial charge on any atom is -0.444 e. The van der Waals surface area contributed by atoms with E-state index < -0.39 is 54.0 Å². The number of ether oxygens (including phenoxy) is 1. The molecular formula is C24H30F6N4O4. The zero-order chi connectivity index (χ0) is 28.3. The maximum absolute atomic E-state index is 13.3. The molecule has 0 aliphatic carbocycles. The molecule has 3 rings (SSSR count). The summed E-state index contributed by atoms with van der Waals surface area (Å²) in [6.07, 6.45) is -9.85. The normalized spacial score (nSPS) is 20.6. The molecule has 0 saturated carbocycles. The first-order chi connectivity index (χ1) is 17.8. The maximum atomic E-state index is 13.3. The van der Waals surface area contributed by atoms with Crippen molar-refractivity contribution < 1.29 is 45.5 Å². The summed E-state index contributed by atoms with van der Waals surface area (Å²) < 4.78 is 84.5. The maximum Gasteiger partial charge on any atom is 0.416 e. The van der Waals surface area contributed by atoms with Crippen LogP contribution in [0.2, 0.25) is 0 Å². The number of halogens is 6. The molecule has 2 saturated heterocycles. The number of nitrogens with zero attached hydrogens (tertiary/aromatic N) is 3. The number of fused-ring (bicyclic) bond motifs is 1. The molecule has 2 N–H and O–H groups in total. The van der Waals surface area contributed by atoms with Gasteiger partial charge in [0.05, 0.1) is 17.7 Å². The molecule has 2 heterocycles. The number of unbranched alkanes of at least 4 members (excludes halogenated alkanes) is 1. The Morgan fingerprint density at radius 3 is 2.21 bits per heavy atom. The molecular weight excluding hydrogens is 522 g/mol. The van der Waals surface area contributed by atoms with Gasteiger partial charge in [-0.2, -0.15) is 26.3 Å². The molecule has 2 atom stereocenters. The van der Waals surface area contributed by atoms with Crippen LogP contribution < -0.4 is 5.73 Å². The van der Waals surface area contributed by atoms with Crippen molar-refractivity contribution >= 4 is 17.9 Å². The third-order valence-corrected chi connectivity index (χ3v) is 6.55. The lowest BCUT2D eigenvalue weighted by atomic mass is 9.98. The zero-order valence-corrected chi connectivity index (χ0v) is 20.8. The number of rotatable bonds is 8. The summed E-state index contributed by atoms with van der Waals surface area (Å²) in [5.41, 5.74) is 2.02. The molecule has 212 valence electrons. The molecule has 0 bridgehead atoms. The lowest BCUT2D eigenvalue weighted by Gasteiger charge is -2.51. The topological polar surface area (TPSA) is 96.2 Å². The summed E-state index contributed by atoms with van der Waals surface area (Å²) in [6, 6.07) is 0.353. The van der Waals surface area contributed by atoms with E-state index >= 15 is 0 Å². The molecule has 38 heavy (non-hydrogen) atoms. The van der Waals surface area contributed by atoms with Gasteiger partial charge in [0.2, 0.25) is 11.8 Å². The van der Waals surface area contributed by atoms with Crippen LogP contribution in [0.5, 0.6) is 0 Å². The van der Waals surface area contributed by atoms with Gasteiger partial charge in [-0.25, -0.2) is 4.79 Å². The van der Waals surface area contributed by atoms with E-state index in [9.17, 15) is 40.7 Å². The highest BCUT2D eigenvalue weighted by Gasteiger charge is 2.47. The van der Waals surface area contributed by atoms with Crippen molar-refractivity contribution in [2.45, 2.75) is 70.2 Å². The third kappa shape index (κ3) is 6.88. The number of alkyl halides is 6. The van der Waals surface area contributed by atoms with Gasteiger partial charge in [0, 0.05) is 19.0 Å². The quantitative estimate of drug-likeness (QED) is 0.389. The van der Waals surface area contributed by atoms with Crippen LogP contribution in [0, 0.1) is 0 Å². The predicted octanol–water partition coefficient (Wildman–Crippen LogP) is 3.97. The van der Waals surface area contributed by atoms with Gasteiger partial charge in [-0.1, -0.05) is 13.3 Å². The van der Waals surface area contributed by atoms with Crippen molar-refractivity contribution in [2.75, 3.05) is 26.2 Å². The van der Waals surface area contributed by atoms with Crippen molar-refractivity contribution in [1.82, 2.24) is 14.7 Å². The van der Waals surface area contributed by atoms with E-state index in [1.165, 1.54) is 14.7 Å². The van der Waals surface area contributed by atoms with E-state index in [2.05, 4.69) is 0 Å². The van der Waals surface area contributed by atoms with Gasteiger partial charge in [-0.05, 0) is 49.6 Å². The molecule has 0 spiro atoms. The van der Waals surface area contributed by atoms with Gasteiger partial charge in [0.15, 0.2) is 0 Å². The van der Waals surface area contributed by atoms with Crippen LogP contribution in [0.25, 0.3) is 0 Å². The molecule has 8 nitrogen and oxygen atoms in total. The second-order valence-electron chi connectivity index (χ2n) is 9.36. The zero-order valence-electron chi connectivity index (χ0n) is 20.8. The lowest BCUT2D eigenvalue weighted by Crippen LogP contribution is -2.70. The van der Waals surface area contributed by atoms with Crippen LogP contribution in [-0.2, 0) is 33.3 Å². The fraction of sp³-hybridized carbons (Fsp3) is 0.625. The van der Waals surface area contributed by atoms with Crippen LogP contribution in [0.3, 0.4) is 0 Å². The van der Waals surface area contributed by atoms with Crippen LogP contribution in [0.1, 0.15) is 55.7 Å². The van der Waals surface area contributed by atoms with Crippen molar-refractivity contribution in [3.05, 3.63) is 34.9 Å². The molecule has 2 aliphatic rings. The molecule has 2 unspecified atom stereocenters. The van der Waals surface area contributed by atoms with Gasteiger partial charge in [-0.3, -0.25) is 14.5 Å². The first kappa shape index (κ1) is 29.5. The van der Waals surface area contributed by atoms with Gasteiger partial charge in [-0.15, -0.1) is 0 Å². The largest absolute Gasteiger partial charge is 0.444 e. The van der Waals surface area contributed by atoms with Gasteiger partial charge in [0.25, 0.3) is 0 Å². The Kier molecular flexibility index (Phi) is 9.16. The minimum absolute atomic E-state index is 0.00568. The Hall–Kier alpha value is -3.03. The number of piperazine rings is 1. The Balaban J connectivity index is 1.87. The predicted molar refractivity (Wildman–Crippen MR) is 122 cm³/mol. The summed E-state index contributed by atoms with van der Waals surface area (Å²) in [5, 5.41) is 0. The Morgan fingerprint density at radius 1 is 1.03 bits per heavy atom. The summed E-state index contributed by atoms with van der Waals surface area (Å²) in [5.74, 6) is -0.607. The van der Waals surface area contributed by atoms with Crippen molar-refractivity contribution in [3.63, 3.8) is 0 Å². The number of nitrogens with two attached hydrogens (primary N) is 1. The van der Waals surface area contributed by atoms with Crippen molar-refractivity contribution in [1.29, 1.82) is 0 Å². The van der Waals surface area contributed by atoms with Gasteiger partial charge in [0.1, 0.15) is 19.3 Å².